The van der Waals surface area contributed by atoms with E-state index >= 15 is 0 Å². The standard InChI is InChI=1S/C12H19NOS/c1-6-8-7-9-10(15-8)12(4,5)13(14)11(9,2)3/h7,14H,6H2,1-5H3. The van der Waals surface area contributed by atoms with Gasteiger partial charge in [-0.05, 0) is 45.7 Å². The minimum Gasteiger partial charge on any atom is -0.312 e. The molecule has 3 heteroatoms. The van der Waals surface area contributed by atoms with E-state index in [1.165, 1.54) is 20.4 Å². The van der Waals surface area contributed by atoms with Gasteiger partial charge in [-0.15, -0.1) is 11.3 Å². The molecule has 0 aliphatic carbocycles. The van der Waals surface area contributed by atoms with E-state index in [0.29, 0.717) is 0 Å². The number of thiophene rings is 1. The molecule has 84 valence electrons. The zero-order chi connectivity index (χ0) is 11.4. The average Bonchev–Trinajstić information content (AvgIpc) is 2.64. The molecule has 2 rings (SSSR count). The van der Waals surface area contributed by atoms with Crippen LogP contribution in [0.3, 0.4) is 0 Å². The van der Waals surface area contributed by atoms with E-state index in [9.17, 15) is 5.21 Å². The van der Waals surface area contributed by atoms with Crippen molar-refractivity contribution in [1.82, 2.24) is 5.06 Å². The van der Waals surface area contributed by atoms with Crippen LogP contribution in [0.2, 0.25) is 0 Å². The fourth-order valence-corrected chi connectivity index (χ4v) is 3.77. The SMILES string of the molecule is CCc1cc2c(s1)C(C)(C)N(O)C2(C)C. The molecule has 2 nitrogen and oxygen atoms in total. The highest BCUT2D eigenvalue weighted by Gasteiger charge is 2.50. The number of fused-ring (bicyclic) bond motifs is 1. The van der Waals surface area contributed by atoms with E-state index in [0.717, 1.165) is 6.42 Å². The third-order valence-corrected chi connectivity index (χ3v) is 5.00. The highest BCUT2D eigenvalue weighted by molar-refractivity contribution is 7.12. The lowest BCUT2D eigenvalue weighted by Gasteiger charge is -2.35. The smallest absolute Gasteiger partial charge is 0.0758 e. The second kappa shape index (κ2) is 3.06. The summed E-state index contributed by atoms with van der Waals surface area (Å²) in [6.07, 6.45) is 1.08. The van der Waals surface area contributed by atoms with Crippen molar-refractivity contribution >= 4 is 11.3 Å². The first kappa shape index (κ1) is 11.1. The van der Waals surface area contributed by atoms with Crippen LogP contribution in [0.25, 0.3) is 0 Å². The second-order valence-corrected chi connectivity index (χ2v) is 6.38. The molecule has 1 aliphatic heterocycles. The van der Waals surface area contributed by atoms with Crippen molar-refractivity contribution in [2.24, 2.45) is 0 Å². The number of rotatable bonds is 1. The van der Waals surface area contributed by atoms with Crippen molar-refractivity contribution in [3.05, 3.63) is 21.4 Å². The molecule has 0 bridgehead atoms. The minimum absolute atomic E-state index is 0.253. The van der Waals surface area contributed by atoms with Gasteiger partial charge in [0.25, 0.3) is 0 Å². The van der Waals surface area contributed by atoms with Crippen molar-refractivity contribution in [3.63, 3.8) is 0 Å². The molecule has 1 aromatic rings. The minimum atomic E-state index is -0.261. The van der Waals surface area contributed by atoms with Gasteiger partial charge in [0.05, 0.1) is 11.1 Å². The largest absolute Gasteiger partial charge is 0.312 e. The van der Waals surface area contributed by atoms with E-state index in [1.807, 2.05) is 11.3 Å². The fraction of sp³-hybridized carbons (Fsp3) is 0.667. The topological polar surface area (TPSA) is 23.5 Å². The van der Waals surface area contributed by atoms with Crippen LogP contribution in [-0.2, 0) is 17.5 Å². The van der Waals surface area contributed by atoms with Crippen LogP contribution in [0, 0.1) is 0 Å². The van der Waals surface area contributed by atoms with Crippen molar-refractivity contribution in [2.75, 3.05) is 0 Å². The van der Waals surface area contributed by atoms with Crippen LogP contribution >= 0.6 is 11.3 Å². The van der Waals surface area contributed by atoms with Gasteiger partial charge in [-0.25, -0.2) is 0 Å². The summed E-state index contributed by atoms with van der Waals surface area (Å²) >= 11 is 1.83. The quantitative estimate of drug-likeness (QED) is 0.791. The molecule has 0 aromatic carbocycles. The van der Waals surface area contributed by atoms with Crippen molar-refractivity contribution < 1.29 is 5.21 Å². The van der Waals surface area contributed by atoms with Crippen molar-refractivity contribution in [3.8, 4) is 0 Å². The molecule has 0 atom stereocenters. The molecule has 0 saturated heterocycles. The molecule has 0 spiro atoms. The number of hydroxylamine groups is 2. The summed E-state index contributed by atoms with van der Waals surface area (Å²) in [5, 5.41) is 11.7. The molecular weight excluding hydrogens is 206 g/mol. The summed E-state index contributed by atoms with van der Waals surface area (Å²) in [5.74, 6) is 0. The van der Waals surface area contributed by atoms with E-state index < -0.39 is 0 Å². The summed E-state index contributed by atoms with van der Waals surface area (Å²) in [6.45, 7) is 10.5. The third kappa shape index (κ3) is 1.30. The summed E-state index contributed by atoms with van der Waals surface area (Å²) in [5.41, 5.74) is 0.775. The molecule has 1 N–H and O–H groups in total. The predicted octanol–water partition coefficient (Wildman–Crippen LogP) is 3.49. The number of aryl methyl sites for hydroxylation is 1. The Hall–Kier alpha value is -0.380. The van der Waals surface area contributed by atoms with Crippen LogP contribution < -0.4 is 0 Å². The molecule has 2 heterocycles. The van der Waals surface area contributed by atoms with Gasteiger partial charge in [-0.3, -0.25) is 0 Å². The molecule has 15 heavy (non-hydrogen) atoms. The highest BCUT2D eigenvalue weighted by atomic mass is 32.1. The van der Waals surface area contributed by atoms with Gasteiger partial charge in [-0.1, -0.05) is 6.92 Å². The Bertz CT molecular complexity index is 359. The lowest BCUT2D eigenvalue weighted by Crippen LogP contribution is -2.42. The van der Waals surface area contributed by atoms with Crippen molar-refractivity contribution in [2.45, 2.75) is 52.1 Å². The first-order valence-electron chi connectivity index (χ1n) is 5.44. The Kier molecular flexibility index (Phi) is 2.27. The zero-order valence-electron chi connectivity index (χ0n) is 10.1. The van der Waals surface area contributed by atoms with Gasteiger partial charge in [0.15, 0.2) is 0 Å². The molecule has 1 aliphatic rings. The van der Waals surface area contributed by atoms with E-state index in [2.05, 4.69) is 40.7 Å². The van der Waals surface area contributed by atoms with Crippen LogP contribution in [-0.4, -0.2) is 10.3 Å². The zero-order valence-corrected chi connectivity index (χ0v) is 10.9. The lowest BCUT2D eigenvalue weighted by molar-refractivity contribution is -0.215. The Morgan fingerprint density at radius 2 is 1.87 bits per heavy atom. The van der Waals surface area contributed by atoms with Crippen LogP contribution in [0.1, 0.15) is 49.9 Å². The van der Waals surface area contributed by atoms with E-state index in [1.54, 1.807) is 0 Å². The maximum atomic E-state index is 10.2. The van der Waals surface area contributed by atoms with Crippen LogP contribution in [0.15, 0.2) is 6.07 Å². The maximum absolute atomic E-state index is 10.2. The normalized spacial score (nSPS) is 23.1. The van der Waals surface area contributed by atoms with E-state index in [-0.39, 0.29) is 11.1 Å². The van der Waals surface area contributed by atoms with Crippen LogP contribution in [0.4, 0.5) is 0 Å². The molecule has 0 saturated carbocycles. The first-order valence-corrected chi connectivity index (χ1v) is 6.26. The van der Waals surface area contributed by atoms with Gasteiger partial charge >= 0.3 is 0 Å². The Morgan fingerprint density at radius 1 is 1.27 bits per heavy atom. The van der Waals surface area contributed by atoms with Crippen molar-refractivity contribution in [1.29, 1.82) is 0 Å². The lowest BCUT2D eigenvalue weighted by atomic mass is 9.97. The summed E-state index contributed by atoms with van der Waals surface area (Å²) in [7, 11) is 0. The van der Waals surface area contributed by atoms with Gasteiger partial charge < -0.3 is 5.21 Å². The molecular formula is C12H19NOS. The Balaban J connectivity index is 2.61. The molecule has 0 unspecified atom stereocenters. The van der Waals surface area contributed by atoms with E-state index in [4.69, 9.17) is 0 Å². The van der Waals surface area contributed by atoms with Gasteiger partial charge in [0, 0.05) is 9.75 Å². The monoisotopic (exact) mass is 225 g/mol. The third-order valence-electron chi connectivity index (χ3n) is 3.41. The van der Waals surface area contributed by atoms with Gasteiger partial charge in [-0.2, -0.15) is 5.06 Å². The average molecular weight is 225 g/mol. The number of nitrogens with zero attached hydrogens (tertiary/aromatic N) is 1. The maximum Gasteiger partial charge on any atom is 0.0758 e. The summed E-state index contributed by atoms with van der Waals surface area (Å²) in [4.78, 5) is 2.72. The van der Waals surface area contributed by atoms with Gasteiger partial charge in [0.2, 0.25) is 0 Å². The molecule has 1 aromatic heterocycles. The number of hydrogen-bond donors (Lipinski definition) is 1. The molecule has 0 amide bonds. The summed E-state index contributed by atoms with van der Waals surface area (Å²) in [6, 6.07) is 2.25. The van der Waals surface area contributed by atoms with Crippen LogP contribution in [0.5, 0.6) is 0 Å². The Morgan fingerprint density at radius 3 is 2.33 bits per heavy atom. The predicted molar refractivity (Wildman–Crippen MR) is 63.4 cm³/mol. The second-order valence-electron chi connectivity index (χ2n) is 5.24. The molecule has 0 fully saturated rings. The fourth-order valence-electron chi connectivity index (χ4n) is 2.43. The Labute approximate surface area is 95.5 Å². The summed E-state index contributed by atoms with van der Waals surface area (Å²) < 4.78 is 0. The van der Waals surface area contributed by atoms with Gasteiger partial charge in [0.1, 0.15) is 0 Å². The highest BCUT2D eigenvalue weighted by Crippen LogP contribution is 2.51. The molecule has 0 radical (unpaired) electrons. The number of hydrogen-bond acceptors (Lipinski definition) is 3. The first-order chi connectivity index (χ1) is 6.81.